The first-order valence-electron chi connectivity index (χ1n) is 9.24. The highest BCUT2D eigenvalue weighted by Crippen LogP contribution is 2.26. The van der Waals surface area contributed by atoms with E-state index in [4.69, 9.17) is 4.74 Å². The number of benzene rings is 1. The van der Waals surface area contributed by atoms with Crippen LogP contribution in [-0.4, -0.2) is 34.5 Å². The second-order valence-electron chi connectivity index (χ2n) is 7.40. The van der Waals surface area contributed by atoms with Crippen LogP contribution >= 0.6 is 0 Å². The third-order valence-corrected chi connectivity index (χ3v) is 5.07. The van der Waals surface area contributed by atoms with E-state index in [1.807, 2.05) is 12.1 Å². The third-order valence-electron chi connectivity index (χ3n) is 5.07. The maximum atomic E-state index is 5.83. The summed E-state index contributed by atoms with van der Waals surface area (Å²) in [7, 11) is 0. The standard InChI is InChI=1S/C20H26N4O/c1-14(2)20-23-22-19-8-7-15(12-24(19)20)10-21-11-16-9-17-5-3-4-6-18(17)25-13-16/h3-6,9,14-15,21H,7-8,10-13H2,1-2H3. The number of ether oxygens (including phenoxy) is 1. The Balaban J connectivity index is 1.33. The molecule has 2 aromatic rings. The predicted octanol–water partition coefficient (Wildman–Crippen LogP) is 3.03. The van der Waals surface area contributed by atoms with Crippen molar-refractivity contribution < 1.29 is 4.74 Å². The van der Waals surface area contributed by atoms with Crippen LogP contribution in [-0.2, 0) is 13.0 Å². The molecule has 3 heterocycles. The van der Waals surface area contributed by atoms with Gasteiger partial charge in [0.25, 0.3) is 0 Å². The summed E-state index contributed by atoms with van der Waals surface area (Å²) in [5.41, 5.74) is 2.49. The van der Waals surface area contributed by atoms with Gasteiger partial charge in [0.05, 0.1) is 0 Å². The van der Waals surface area contributed by atoms with Crippen molar-refractivity contribution >= 4 is 6.08 Å². The van der Waals surface area contributed by atoms with E-state index in [-0.39, 0.29) is 0 Å². The molecule has 2 aliphatic heterocycles. The van der Waals surface area contributed by atoms with Gasteiger partial charge in [-0.05, 0) is 36.6 Å². The molecule has 0 amide bonds. The van der Waals surface area contributed by atoms with Crippen molar-refractivity contribution in [1.82, 2.24) is 20.1 Å². The van der Waals surface area contributed by atoms with Crippen molar-refractivity contribution in [3.63, 3.8) is 0 Å². The van der Waals surface area contributed by atoms with Gasteiger partial charge in [-0.2, -0.15) is 0 Å². The number of para-hydroxylation sites is 1. The minimum absolute atomic E-state index is 0.428. The second kappa shape index (κ2) is 7.00. The number of rotatable bonds is 5. The number of nitrogens with one attached hydrogen (secondary N) is 1. The summed E-state index contributed by atoms with van der Waals surface area (Å²) in [5.74, 6) is 4.33. The van der Waals surface area contributed by atoms with Crippen molar-refractivity contribution in [2.45, 2.75) is 39.2 Å². The molecular formula is C20H26N4O. The maximum absolute atomic E-state index is 5.83. The molecule has 25 heavy (non-hydrogen) atoms. The molecule has 5 nitrogen and oxygen atoms in total. The molecule has 0 saturated heterocycles. The van der Waals surface area contributed by atoms with Crippen LogP contribution in [0.25, 0.3) is 6.08 Å². The topological polar surface area (TPSA) is 52.0 Å². The van der Waals surface area contributed by atoms with Gasteiger partial charge in [0.15, 0.2) is 0 Å². The Bertz CT molecular complexity index is 778. The average Bonchev–Trinajstić information content (AvgIpc) is 3.05. The van der Waals surface area contributed by atoms with Gasteiger partial charge in [-0.3, -0.25) is 0 Å². The zero-order valence-electron chi connectivity index (χ0n) is 15.0. The van der Waals surface area contributed by atoms with E-state index in [9.17, 15) is 0 Å². The molecule has 1 unspecified atom stereocenters. The fourth-order valence-corrected chi connectivity index (χ4v) is 3.71. The normalized spacial score (nSPS) is 19.2. The van der Waals surface area contributed by atoms with E-state index < -0.39 is 0 Å². The molecule has 1 aromatic heterocycles. The zero-order chi connectivity index (χ0) is 17.2. The number of aryl methyl sites for hydroxylation is 1. The first-order chi connectivity index (χ1) is 12.2. The van der Waals surface area contributed by atoms with E-state index in [2.05, 4.69) is 52.1 Å². The lowest BCUT2D eigenvalue weighted by atomic mass is 9.98. The molecule has 0 spiro atoms. The highest BCUT2D eigenvalue weighted by Gasteiger charge is 2.23. The van der Waals surface area contributed by atoms with Crippen molar-refractivity contribution in [3.8, 4) is 5.75 Å². The van der Waals surface area contributed by atoms with Crippen LogP contribution in [0, 0.1) is 5.92 Å². The molecule has 1 atom stereocenters. The fraction of sp³-hybridized carbons (Fsp3) is 0.500. The van der Waals surface area contributed by atoms with Gasteiger partial charge in [-0.25, -0.2) is 0 Å². The van der Waals surface area contributed by atoms with Crippen LogP contribution in [0.5, 0.6) is 5.75 Å². The minimum Gasteiger partial charge on any atom is -0.489 e. The number of fused-ring (bicyclic) bond motifs is 2. The molecule has 4 rings (SSSR count). The van der Waals surface area contributed by atoms with Crippen molar-refractivity contribution in [2.24, 2.45) is 5.92 Å². The van der Waals surface area contributed by atoms with Crippen LogP contribution in [0.2, 0.25) is 0 Å². The molecule has 5 heteroatoms. The monoisotopic (exact) mass is 338 g/mol. The summed E-state index contributed by atoms with van der Waals surface area (Å²) < 4.78 is 8.16. The van der Waals surface area contributed by atoms with E-state index in [0.717, 1.165) is 43.5 Å². The number of hydrogen-bond donors (Lipinski definition) is 1. The molecule has 0 fully saturated rings. The Labute approximate surface area is 149 Å². The lowest BCUT2D eigenvalue weighted by Crippen LogP contribution is -2.32. The van der Waals surface area contributed by atoms with Gasteiger partial charge < -0.3 is 14.6 Å². The maximum Gasteiger partial charge on any atom is 0.135 e. The predicted molar refractivity (Wildman–Crippen MR) is 98.7 cm³/mol. The summed E-state index contributed by atoms with van der Waals surface area (Å²) >= 11 is 0. The molecule has 132 valence electrons. The van der Waals surface area contributed by atoms with Gasteiger partial charge in [-0.1, -0.05) is 32.0 Å². The molecule has 2 aliphatic rings. The van der Waals surface area contributed by atoms with Crippen molar-refractivity contribution in [2.75, 3.05) is 19.7 Å². The van der Waals surface area contributed by atoms with Gasteiger partial charge >= 0.3 is 0 Å². The smallest absolute Gasteiger partial charge is 0.135 e. The van der Waals surface area contributed by atoms with E-state index in [1.54, 1.807) is 0 Å². The summed E-state index contributed by atoms with van der Waals surface area (Å²) in [6.45, 7) is 7.99. The summed E-state index contributed by atoms with van der Waals surface area (Å²) in [6, 6.07) is 8.21. The summed E-state index contributed by atoms with van der Waals surface area (Å²) in [6.07, 6.45) is 4.47. The second-order valence-corrected chi connectivity index (χ2v) is 7.40. The molecular weight excluding hydrogens is 312 g/mol. The molecule has 1 aromatic carbocycles. The third kappa shape index (κ3) is 3.47. The van der Waals surface area contributed by atoms with Gasteiger partial charge in [-0.15, -0.1) is 10.2 Å². The Hall–Kier alpha value is -2.14. The molecule has 1 N–H and O–H groups in total. The van der Waals surface area contributed by atoms with Gasteiger partial charge in [0, 0.05) is 31.0 Å². The van der Waals surface area contributed by atoms with E-state index in [0.29, 0.717) is 18.4 Å². The van der Waals surface area contributed by atoms with Crippen molar-refractivity contribution in [1.29, 1.82) is 0 Å². The van der Waals surface area contributed by atoms with E-state index in [1.165, 1.54) is 17.6 Å². The average molecular weight is 338 g/mol. The van der Waals surface area contributed by atoms with E-state index >= 15 is 0 Å². The molecule has 0 aliphatic carbocycles. The fourth-order valence-electron chi connectivity index (χ4n) is 3.71. The largest absolute Gasteiger partial charge is 0.489 e. The van der Waals surface area contributed by atoms with Crippen LogP contribution in [0.1, 0.15) is 43.4 Å². The first-order valence-corrected chi connectivity index (χ1v) is 9.24. The van der Waals surface area contributed by atoms with Crippen molar-refractivity contribution in [3.05, 3.63) is 47.1 Å². The molecule has 0 saturated carbocycles. The number of hydrogen-bond acceptors (Lipinski definition) is 4. The lowest BCUT2D eigenvalue weighted by molar-refractivity contribution is 0.329. The highest BCUT2D eigenvalue weighted by atomic mass is 16.5. The minimum atomic E-state index is 0.428. The number of nitrogens with zero attached hydrogens (tertiary/aromatic N) is 3. The summed E-state index contributed by atoms with van der Waals surface area (Å²) in [5, 5.41) is 12.4. The summed E-state index contributed by atoms with van der Waals surface area (Å²) in [4.78, 5) is 0. The Kier molecular flexibility index (Phi) is 4.57. The van der Waals surface area contributed by atoms with Gasteiger partial charge in [0.1, 0.15) is 24.0 Å². The Morgan fingerprint density at radius 3 is 3.04 bits per heavy atom. The number of aromatic nitrogens is 3. The highest BCUT2D eigenvalue weighted by molar-refractivity contribution is 5.62. The van der Waals surface area contributed by atoms with Crippen LogP contribution in [0.3, 0.4) is 0 Å². The van der Waals surface area contributed by atoms with Crippen LogP contribution in [0.4, 0.5) is 0 Å². The van der Waals surface area contributed by atoms with Crippen LogP contribution < -0.4 is 10.1 Å². The lowest BCUT2D eigenvalue weighted by Gasteiger charge is -2.26. The Morgan fingerprint density at radius 2 is 2.16 bits per heavy atom. The Morgan fingerprint density at radius 1 is 1.28 bits per heavy atom. The zero-order valence-corrected chi connectivity index (χ0v) is 15.0. The quantitative estimate of drug-likeness (QED) is 0.910. The molecule has 0 radical (unpaired) electrons. The van der Waals surface area contributed by atoms with Gasteiger partial charge in [0.2, 0.25) is 0 Å². The molecule has 0 bridgehead atoms. The first kappa shape index (κ1) is 16.3. The SMILES string of the molecule is CC(C)c1nnc2n1CC(CNCC1=Cc3ccccc3OC1)CC2. The van der Waals surface area contributed by atoms with Crippen LogP contribution in [0.15, 0.2) is 29.8 Å².